The summed E-state index contributed by atoms with van der Waals surface area (Å²) < 4.78 is 10.8. The molecule has 2 aromatic rings. The topological polar surface area (TPSA) is 83.7 Å². The minimum absolute atomic E-state index is 0.138. The number of amides is 2. The summed E-state index contributed by atoms with van der Waals surface area (Å²) in [4.78, 5) is 11.9. The Hall–Kier alpha value is -2.31. The maximum Gasteiger partial charge on any atom is 0.319 e. The lowest BCUT2D eigenvalue weighted by Gasteiger charge is -2.23. The summed E-state index contributed by atoms with van der Waals surface area (Å²) in [5, 5.41) is 14.6. The second kappa shape index (κ2) is 7.80. The van der Waals surface area contributed by atoms with Crippen LogP contribution in [0.5, 0.6) is 0 Å². The van der Waals surface area contributed by atoms with E-state index in [-0.39, 0.29) is 12.6 Å². The van der Waals surface area contributed by atoms with Gasteiger partial charge in [-0.2, -0.15) is 0 Å². The van der Waals surface area contributed by atoms with E-state index in [9.17, 15) is 4.79 Å². The summed E-state index contributed by atoms with van der Waals surface area (Å²) in [5.74, 6) is 0.768. The Balaban J connectivity index is 1.85. The molecule has 0 aliphatic heterocycles. The number of hydrogen-bond acceptors (Lipinski definition) is 4. The summed E-state index contributed by atoms with van der Waals surface area (Å²) in [5.41, 5.74) is 0.930. The SMILES string of the molecule is CC(C)(CO)NC(=O)Nc1cccc(COCc2ccco2)c1. The van der Waals surface area contributed by atoms with E-state index < -0.39 is 5.54 Å². The Morgan fingerprint density at radius 2 is 2.09 bits per heavy atom. The van der Waals surface area contributed by atoms with E-state index in [1.54, 1.807) is 26.2 Å². The van der Waals surface area contributed by atoms with Gasteiger partial charge in [0, 0.05) is 5.69 Å². The molecular weight excluding hydrogens is 296 g/mol. The molecule has 2 amide bonds. The number of benzene rings is 1. The summed E-state index contributed by atoms with van der Waals surface area (Å²) in [7, 11) is 0. The lowest BCUT2D eigenvalue weighted by atomic mass is 10.1. The standard InChI is InChI=1S/C17H22N2O4/c1-17(2,12-20)19-16(21)18-14-6-3-5-13(9-14)10-22-11-15-7-4-8-23-15/h3-9,20H,10-12H2,1-2H3,(H2,18,19,21). The molecule has 0 radical (unpaired) electrons. The summed E-state index contributed by atoms with van der Waals surface area (Å²) in [6.45, 7) is 4.16. The lowest BCUT2D eigenvalue weighted by molar-refractivity contribution is 0.0930. The fraction of sp³-hybridized carbons (Fsp3) is 0.353. The second-order valence-corrected chi connectivity index (χ2v) is 5.89. The molecule has 1 heterocycles. The molecule has 0 unspecified atom stereocenters. The van der Waals surface area contributed by atoms with Crippen LogP contribution in [-0.2, 0) is 18.0 Å². The number of aliphatic hydroxyl groups is 1. The van der Waals surface area contributed by atoms with Crippen LogP contribution >= 0.6 is 0 Å². The van der Waals surface area contributed by atoms with Gasteiger partial charge in [-0.25, -0.2) is 4.79 Å². The van der Waals surface area contributed by atoms with Gasteiger partial charge in [0.05, 0.1) is 25.0 Å². The molecule has 0 saturated carbocycles. The number of furan rings is 1. The molecule has 1 aromatic carbocycles. The Labute approximate surface area is 135 Å². The van der Waals surface area contributed by atoms with Crippen LogP contribution < -0.4 is 10.6 Å². The molecular formula is C17H22N2O4. The molecule has 0 aliphatic carbocycles. The van der Waals surface area contributed by atoms with Crippen molar-refractivity contribution >= 4 is 11.7 Å². The van der Waals surface area contributed by atoms with Gasteiger partial charge in [0.25, 0.3) is 0 Å². The van der Waals surface area contributed by atoms with E-state index in [2.05, 4.69) is 10.6 Å². The minimum atomic E-state index is -0.673. The number of anilines is 1. The number of urea groups is 1. The highest BCUT2D eigenvalue weighted by molar-refractivity contribution is 5.89. The van der Waals surface area contributed by atoms with E-state index >= 15 is 0 Å². The van der Waals surface area contributed by atoms with Gasteiger partial charge in [0.1, 0.15) is 12.4 Å². The smallest absolute Gasteiger partial charge is 0.319 e. The van der Waals surface area contributed by atoms with Crippen molar-refractivity contribution in [2.24, 2.45) is 0 Å². The predicted molar refractivity (Wildman–Crippen MR) is 87.0 cm³/mol. The van der Waals surface area contributed by atoms with Crippen LogP contribution in [0.25, 0.3) is 0 Å². The number of rotatable bonds is 7. The largest absolute Gasteiger partial charge is 0.467 e. The maximum atomic E-state index is 11.9. The summed E-state index contributed by atoms with van der Waals surface area (Å²) in [6, 6.07) is 10.7. The molecule has 1 aromatic heterocycles. The molecule has 0 bridgehead atoms. The second-order valence-electron chi connectivity index (χ2n) is 5.89. The Bertz CT molecular complexity index is 623. The fourth-order valence-corrected chi connectivity index (χ4v) is 1.91. The Morgan fingerprint density at radius 3 is 2.78 bits per heavy atom. The molecule has 0 spiro atoms. The van der Waals surface area contributed by atoms with Gasteiger partial charge in [-0.05, 0) is 43.7 Å². The molecule has 2 rings (SSSR count). The minimum Gasteiger partial charge on any atom is -0.467 e. The van der Waals surface area contributed by atoms with E-state index in [1.165, 1.54) is 0 Å². The monoisotopic (exact) mass is 318 g/mol. The third-order valence-electron chi connectivity index (χ3n) is 3.13. The van der Waals surface area contributed by atoms with Crippen LogP contribution in [0.15, 0.2) is 47.1 Å². The van der Waals surface area contributed by atoms with E-state index in [0.717, 1.165) is 11.3 Å². The number of carbonyl (C=O) groups is 1. The van der Waals surface area contributed by atoms with Crippen molar-refractivity contribution in [3.8, 4) is 0 Å². The van der Waals surface area contributed by atoms with Crippen molar-refractivity contribution in [2.75, 3.05) is 11.9 Å². The highest BCUT2D eigenvalue weighted by Crippen LogP contribution is 2.13. The van der Waals surface area contributed by atoms with Crippen molar-refractivity contribution < 1.29 is 19.1 Å². The van der Waals surface area contributed by atoms with Gasteiger partial charge in [-0.1, -0.05) is 12.1 Å². The van der Waals surface area contributed by atoms with Crippen LogP contribution in [0.1, 0.15) is 25.2 Å². The van der Waals surface area contributed by atoms with E-state index in [1.807, 2.05) is 30.3 Å². The van der Waals surface area contributed by atoms with Crippen molar-refractivity contribution in [2.45, 2.75) is 32.6 Å². The van der Waals surface area contributed by atoms with Gasteiger partial charge >= 0.3 is 6.03 Å². The summed E-state index contributed by atoms with van der Waals surface area (Å²) in [6.07, 6.45) is 1.61. The van der Waals surface area contributed by atoms with Crippen LogP contribution in [0.4, 0.5) is 10.5 Å². The van der Waals surface area contributed by atoms with Crippen molar-refractivity contribution in [1.29, 1.82) is 0 Å². The molecule has 23 heavy (non-hydrogen) atoms. The third kappa shape index (κ3) is 5.77. The molecule has 0 aliphatic rings. The average molecular weight is 318 g/mol. The van der Waals surface area contributed by atoms with Crippen LogP contribution in [0.3, 0.4) is 0 Å². The highest BCUT2D eigenvalue weighted by Gasteiger charge is 2.18. The van der Waals surface area contributed by atoms with Gasteiger partial charge in [-0.15, -0.1) is 0 Å². The van der Waals surface area contributed by atoms with Crippen LogP contribution in [0, 0.1) is 0 Å². The Kier molecular flexibility index (Phi) is 5.78. The van der Waals surface area contributed by atoms with Gasteiger partial charge in [0.2, 0.25) is 0 Å². The molecule has 0 fully saturated rings. The van der Waals surface area contributed by atoms with E-state index in [4.69, 9.17) is 14.3 Å². The fourth-order valence-electron chi connectivity index (χ4n) is 1.91. The number of ether oxygens (including phenoxy) is 1. The first-order chi connectivity index (χ1) is 11.0. The van der Waals surface area contributed by atoms with Crippen LogP contribution in [0.2, 0.25) is 0 Å². The van der Waals surface area contributed by atoms with Crippen molar-refractivity contribution in [1.82, 2.24) is 5.32 Å². The predicted octanol–water partition coefficient (Wildman–Crippen LogP) is 2.89. The lowest BCUT2D eigenvalue weighted by Crippen LogP contribution is -2.48. The quantitative estimate of drug-likeness (QED) is 0.733. The zero-order chi connectivity index (χ0) is 16.7. The molecule has 6 nitrogen and oxygen atoms in total. The first kappa shape index (κ1) is 17.1. The number of hydrogen-bond donors (Lipinski definition) is 3. The number of carbonyl (C=O) groups excluding carboxylic acids is 1. The zero-order valence-corrected chi connectivity index (χ0v) is 13.3. The maximum absolute atomic E-state index is 11.9. The first-order valence-corrected chi connectivity index (χ1v) is 7.37. The third-order valence-corrected chi connectivity index (χ3v) is 3.13. The van der Waals surface area contributed by atoms with E-state index in [0.29, 0.717) is 18.9 Å². The molecule has 0 saturated heterocycles. The van der Waals surface area contributed by atoms with Crippen LogP contribution in [-0.4, -0.2) is 23.3 Å². The normalized spacial score (nSPS) is 11.3. The number of aliphatic hydroxyl groups excluding tert-OH is 1. The van der Waals surface area contributed by atoms with Gasteiger partial charge < -0.3 is 24.9 Å². The number of nitrogens with one attached hydrogen (secondary N) is 2. The molecule has 3 N–H and O–H groups in total. The molecule has 124 valence electrons. The first-order valence-electron chi connectivity index (χ1n) is 7.37. The molecule has 6 heteroatoms. The van der Waals surface area contributed by atoms with Crippen molar-refractivity contribution in [3.05, 3.63) is 54.0 Å². The summed E-state index contributed by atoms with van der Waals surface area (Å²) >= 11 is 0. The Morgan fingerprint density at radius 1 is 1.26 bits per heavy atom. The van der Waals surface area contributed by atoms with Gasteiger partial charge in [-0.3, -0.25) is 0 Å². The average Bonchev–Trinajstić information content (AvgIpc) is 3.00. The van der Waals surface area contributed by atoms with Gasteiger partial charge in [0.15, 0.2) is 0 Å². The zero-order valence-electron chi connectivity index (χ0n) is 13.3. The van der Waals surface area contributed by atoms with Crippen molar-refractivity contribution in [3.63, 3.8) is 0 Å². The highest BCUT2D eigenvalue weighted by atomic mass is 16.5. The molecule has 0 atom stereocenters.